The van der Waals surface area contributed by atoms with Crippen LogP contribution in [0.4, 0.5) is 4.39 Å². The molecule has 0 spiro atoms. The van der Waals surface area contributed by atoms with Gasteiger partial charge in [0.15, 0.2) is 11.6 Å². The fourth-order valence-corrected chi connectivity index (χ4v) is 2.81. The first-order chi connectivity index (χ1) is 9.52. The van der Waals surface area contributed by atoms with Gasteiger partial charge in [-0.1, -0.05) is 18.6 Å². The largest absolute Gasteiger partial charge is 0.494 e. The monoisotopic (exact) mass is 296 g/mol. The minimum absolute atomic E-state index is 0.0250. The number of ether oxygens (including phenoxy) is 1. The summed E-state index contributed by atoms with van der Waals surface area (Å²) >= 11 is 5.01. The van der Waals surface area contributed by atoms with Gasteiger partial charge in [0.2, 0.25) is 0 Å². The molecule has 3 N–H and O–H groups in total. The highest BCUT2D eigenvalue weighted by molar-refractivity contribution is 7.80. The molecule has 0 aromatic heterocycles. The van der Waals surface area contributed by atoms with Crippen molar-refractivity contribution in [3.63, 3.8) is 0 Å². The maximum absolute atomic E-state index is 13.6. The minimum atomic E-state index is -0.558. The molecule has 0 radical (unpaired) electrons. The number of carbonyl (C=O) groups excluding carboxylic acids is 1. The van der Waals surface area contributed by atoms with Gasteiger partial charge in [0.25, 0.3) is 5.91 Å². The molecule has 1 amide bonds. The Morgan fingerprint density at radius 1 is 1.50 bits per heavy atom. The molecule has 0 saturated heterocycles. The number of halogens is 1. The zero-order chi connectivity index (χ0) is 14.7. The number of carbonyl (C=O) groups is 1. The maximum Gasteiger partial charge on any atom is 0.251 e. The molecule has 108 valence electrons. The third kappa shape index (κ3) is 3.07. The number of methoxy groups -OCH3 is 1. The molecular formula is C14H17FN2O2S. The molecule has 2 unspecified atom stereocenters. The van der Waals surface area contributed by atoms with Crippen molar-refractivity contribution in [1.82, 2.24) is 5.32 Å². The van der Waals surface area contributed by atoms with Gasteiger partial charge in [-0.15, -0.1) is 0 Å². The summed E-state index contributed by atoms with van der Waals surface area (Å²) in [6, 6.07) is 4.07. The van der Waals surface area contributed by atoms with Gasteiger partial charge in [-0.05, 0) is 31.0 Å². The lowest BCUT2D eigenvalue weighted by Crippen LogP contribution is -2.41. The van der Waals surface area contributed by atoms with Crippen molar-refractivity contribution < 1.29 is 13.9 Å². The number of hydrogen-bond acceptors (Lipinski definition) is 3. The number of nitrogens with one attached hydrogen (secondary N) is 1. The number of amides is 1. The Balaban J connectivity index is 2.08. The summed E-state index contributed by atoms with van der Waals surface area (Å²) in [7, 11) is 1.38. The van der Waals surface area contributed by atoms with E-state index in [4.69, 9.17) is 22.7 Å². The van der Waals surface area contributed by atoms with E-state index in [1.165, 1.54) is 25.3 Å². The summed E-state index contributed by atoms with van der Waals surface area (Å²) in [5.41, 5.74) is 5.93. The summed E-state index contributed by atoms with van der Waals surface area (Å²) in [4.78, 5) is 12.5. The summed E-state index contributed by atoms with van der Waals surface area (Å²) in [5.74, 6) is -0.738. The molecule has 4 nitrogen and oxygen atoms in total. The highest BCUT2D eigenvalue weighted by Gasteiger charge is 2.30. The minimum Gasteiger partial charge on any atom is -0.494 e. The van der Waals surface area contributed by atoms with E-state index in [0.717, 1.165) is 19.3 Å². The van der Waals surface area contributed by atoms with Gasteiger partial charge in [-0.25, -0.2) is 4.39 Å². The summed E-state index contributed by atoms with van der Waals surface area (Å²) < 4.78 is 18.4. The average molecular weight is 296 g/mol. The zero-order valence-electron chi connectivity index (χ0n) is 11.2. The number of hydrogen-bond donors (Lipinski definition) is 2. The van der Waals surface area contributed by atoms with Crippen molar-refractivity contribution in [2.75, 3.05) is 7.11 Å². The van der Waals surface area contributed by atoms with E-state index < -0.39 is 5.82 Å². The smallest absolute Gasteiger partial charge is 0.251 e. The predicted molar refractivity (Wildman–Crippen MR) is 78.3 cm³/mol. The van der Waals surface area contributed by atoms with Crippen LogP contribution in [0.3, 0.4) is 0 Å². The van der Waals surface area contributed by atoms with Gasteiger partial charge >= 0.3 is 0 Å². The second kappa shape index (κ2) is 6.17. The van der Waals surface area contributed by atoms with Crippen LogP contribution in [0.2, 0.25) is 0 Å². The Kier molecular flexibility index (Phi) is 4.54. The molecule has 1 saturated carbocycles. The van der Waals surface area contributed by atoms with Crippen molar-refractivity contribution in [3.8, 4) is 5.75 Å². The lowest BCUT2D eigenvalue weighted by atomic mass is 10.0. The van der Waals surface area contributed by atoms with E-state index in [-0.39, 0.29) is 29.2 Å². The Bertz CT molecular complexity index is 536. The van der Waals surface area contributed by atoms with Crippen LogP contribution in [0.1, 0.15) is 29.6 Å². The van der Waals surface area contributed by atoms with Crippen LogP contribution >= 0.6 is 12.2 Å². The van der Waals surface area contributed by atoms with E-state index >= 15 is 0 Å². The SMILES string of the molecule is COc1ccc(C(=O)NC2CCCC2C(N)=S)cc1F. The normalized spacial score (nSPS) is 21.5. The van der Waals surface area contributed by atoms with Crippen molar-refractivity contribution >= 4 is 23.1 Å². The van der Waals surface area contributed by atoms with Gasteiger partial charge in [0.05, 0.1) is 12.1 Å². The number of nitrogens with two attached hydrogens (primary N) is 1. The van der Waals surface area contributed by atoms with Crippen LogP contribution in [-0.4, -0.2) is 24.0 Å². The van der Waals surface area contributed by atoms with Gasteiger partial charge in [0.1, 0.15) is 0 Å². The van der Waals surface area contributed by atoms with Gasteiger partial charge < -0.3 is 15.8 Å². The molecular weight excluding hydrogens is 279 g/mol. The van der Waals surface area contributed by atoms with Crippen LogP contribution in [-0.2, 0) is 0 Å². The van der Waals surface area contributed by atoms with Crippen molar-refractivity contribution in [1.29, 1.82) is 0 Å². The Morgan fingerprint density at radius 2 is 2.25 bits per heavy atom. The van der Waals surface area contributed by atoms with E-state index in [0.29, 0.717) is 4.99 Å². The third-order valence-corrected chi connectivity index (χ3v) is 3.91. The Morgan fingerprint density at radius 3 is 2.85 bits per heavy atom. The molecule has 1 aliphatic carbocycles. The lowest BCUT2D eigenvalue weighted by molar-refractivity contribution is 0.0933. The van der Waals surface area contributed by atoms with Crippen molar-refractivity contribution in [2.24, 2.45) is 11.7 Å². The van der Waals surface area contributed by atoms with E-state index in [1.807, 2.05) is 0 Å². The second-order valence-corrected chi connectivity index (χ2v) is 5.34. The lowest BCUT2D eigenvalue weighted by Gasteiger charge is -2.20. The quantitative estimate of drug-likeness (QED) is 0.834. The molecule has 1 aromatic carbocycles. The molecule has 1 aromatic rings. The first kappa shape index (κ1) is 14.7. The number of rotatable bonds is 4. The van der Waals surface area contributed by atoms with Gasteiger partial charge in [-0.3, -0.25) is 4.79 Å². The molecule has 20 heavy (non-hydrogen) atoms. The molecule has 6 heteroatoms. The van der Waals surface area contributed by atoms with Crippen LogP contribution < -0.4 is 15.8 Å². The Hall–Kier alpha value is -1.69. The fraction of sp³-hybridized carbons (Fsp3) is 0.429. The number of thiocarbonyl (C=S) groups is 1. The molecule has 0 aliphatic heterocycles. The Labute approximate surface area is 122 Å². The molecule has 1 fully saturated rings. The predicted octanol–water partition coefficient (Wildman–Crippen LogP) is 2.02. The second-order valence-electron chi connectivity index (χ2n) is 4.87. The van der Waals surface area contributed by atoms with Crippen LogP contribution in [0.25, 0.3) is 0 Å². The van der Waals surface area contributed by atoms with Crippen molar-refractivity contribution in [2.45, 2.75) is 25.3 Å². The first-order valence-electron chi connectivity index (χ1n) is 6.46. The highest BCUT2D eigenvalue weighted by Crippen LogP contribution is 2.26. The van der Waals surface area contributed by atoms with Crippen LogP contribution in [0, 0.1) is 11.7 Å². The third-order valence-electron chi connectivity index (χ3n) is 3.61. The van der Waals surface area contributed by atoms with Crippen molar-refractivity contribution in [3.05, 3.63) is 29.6 Å². The molecule has 2 atom stereocenters. The summed E-state index contributed by atoms with van der Waals surface area (Å²) in [6.45, 7) is 0. The van der Waals surface area contributed by atoms with Crippen LogP contribution in [0.5, 0.6) is 5.75 Å². The number of benzene rings is 1. The molecule has 0 bridgehead atoms. The van der Waals surface area contributed by atoms with E-state index in [9.17, 15) is 9.18 Å². The average Bonchev–Trinajstić information content (AvgIpc) is 2.86. The molecule has 1 aliphatic rings. The highest BCUT2D eigenvalue weighted by atomic mass is 32.1. The summed E-state index contributed by atoms with van der Waals surface area (Å²) in [6.07, 6.45) is 2.70. The maximum atomic E-state index is 13.6. The van der Waals surface area contributed by atoms with Crippen LogP contribution in [0.15, 0.2) is 18.2 Å². The zero-order valence-corrected chi connectivity index (χ0v) is 12.0. The topological polar surface area (TPSA) is 64.3 Å². The summed E-state index contributed by atoms with van der Waals surface area (Å²) in [5, 5.41) is 2.88. The first-order valence-corrected chi connectivity index (χ1v) is 6.87. The van der Waals surface area contributed by atoms with Gasteiger partial charge in [-0.2, -0.15) is 0 Å². The molecule has 2 rings (SSSR count). The van der Waals surface area contributed by atoms with E-state index in [2.05, 4.69) is 5.32 Å². The van der Waals surface area contributed by atoms with E-state index in [1.54, 1.807) is 0 Å². The van der Waals surface area contributed by atoms with Gasteiger partial charge in [0, 0.05) is 17.5 Å². The fourth-order valence-electron chi connectivity index (χ4n) is 2.53. The molecule has 0 heterocycles. The standard InChI is InChI=1S/C14H17FN2O2S/c1-19-12-6-5-8(7-10(12)15)14(18)17-11-4-2-3-9(11)13(16)20/h5-7,9,11H,2-4H2,1H3,(H2,16,20)(H,17,18).